The number of nitrogens with one attached hydrogen (secondary N) is 1. The van der Waals surface area contributed by atoms with E-state index in [2.05, 4.69) is 10.1 Å². The third-order valence-electron chi connectivity index (χ3n) is 2.78. The van der Waals surface area contributed by atoms with Gasteiger partial charge in [-0.2, -0.15) is 0 Å². The van der Waals surface area contributed by atoms with Crippen molar-refractivity contribution in [2.24, 2.45) is 0 Å². The summed E-state index contributed by atoms with van der Waals surface area (Å²) < 4.78 is 4.65. The van der Waals surface area contributed by atoms with Crippen LogP contribution in [0.25, 0.3) is 0 Å². The average molecular weight is 324 g/mol. The molecule has 2 rings (SSSR count). The van der Waals surface area contributed by atoms with Crippen molar-refractivity contribution in [2.75, 3.05) is 12.4 Å². The van der Waals surface area contributed by atoms with Crippen LogP contribution < -0.4 is 5.32 Å². The summed E-state index contributed by atoms with van der Waals surface area (Å²) in [5, 5.41) is 3.19. The zero-order chi connectivity index (χ0) is 15.4. The second kappa shape index (κ2) is 6.61. The van der Waals surface area contributed by atoms with E-state index in [-0.39, 0.29) is 16.1 Å². The van der Waals surface area contributed by atoms with Gasteiger partial charge in [-0.25, -0.2) is 4.79 Å². The summed E-state index contributed by atoms with van der Waals surface area (Å²) in [7, 11) is 1.25. The molecule has 0 atom stereocenters. The van der Waals surface area contributed by atoms with Gasteiger partial charge in [0.15, 0.2) is 0 Å². The summed E-state index contributed by atoms with van der Waals surface area (Å²) in [6.45, 7) is 0. The van der Waals surface area contributed by atoms with Gasteiger partial charge in [0.1, 0.15) is 0 Å². The molecule has 0 spiro atoms. The maximum atomic E-state index is 12.3. The Kier molecular flexibility index (Phi) is 4.83. The lowest BCUT2D eigenvalue weighted by atomic mass is 10.1. The van der Waals surface area contributed by atoms with Crippen LogP contribution in [0.3, 0.4) is 0 Å². The van der Waals surface area contributed by atoms with E-state index in [1.165, 1.54) is 19.2 Å². The lowest BCUT2D eigenvalue weighted by molar-refractivity contribution is 0.0597. The standard InChI is InChI=1S/C15H11Cl2NO3/c1-21-15(20)10-6-3-2-5-9(10)14(19)18-12-8-4-7-11(16)13(12)17/h2-8H,1H3,(H,18,19). The molecule has 0 aliphatic heterocycles. The third-order valence-corrected chi connectivity index (χ3v) is 3.60. The number of methoxy groups -OCH3 is 1. The van der Waals surface area contributed by atoms with Gasteiger partial charge in [0, 0.05) is 0 Å². The Morgan fingerprint density at radius 3 is 2.33 bits per heavy atom. The Balaban J connectivity index is 2.33. The Labute approximate surface area is 131 Å². The minimum atomic E-state index is -0.585. The van der Waals surface area contributed by atoms with E-state index in [0.29, 0.717) is 10.7 Å². The largest absolute Gasteiger partial charge is 0.465 e. The summed E-state index contributed by atoms with van der Waals surface area (Å²) in [5.41, 5.74) is 0.741. The van der Waals surface area contributed by atoms with E-state index >= 15 is 0 Å². The number of amides is 1. The van der Waals surface area contributed by atoms with Crippen LogP contribution in [0.15, 0.2) is 42.5 Å². The highest BCUT2D eigenvalue weighted by Gasteiger charge is 2.18. The maximum Gasteiger partial charge on any atom is 0.338 e. The smallest absolute Gasteiger partial charge is 0.338 e. The van der Waals surface area contributed by atoms with E-state index in [1.54, 1.807) is 30.3 Å². The van der Waals surface area contributed by atoms with Crippen molar-refractivity contribution in [3.05, 3.63) is 63.6 Å². The van der Waals surface area contributed by atoms with Gasteiger partial charge in [0.25, 0.3) is 5.91 Å². The van der Waals surface area contributed by atoms with Crippen molar-refractivity contribution in [1.82, 2.24) is 0 Å². The van der Waals surface area contributed by atoms with Gasteiger partial charge < -0.3 is 10.1 Å². The van der Waals surface area contributed by atoms with Gasteiger partial charge in [-0.1, -0.05) is 41.4 Å². The number of ether oxygens (including phenoxy) is 1. The molecule has 0 aromatic heterocycles. The highest BCUT2D eigenvalue weighted by molar-refractivity contribution is 6.44. The molecule has 2 aromatic carbocycles. The van der Waals surface area contributed by atoms with Crippen LogP contribution >= 0.6 is 23.2 Å². The molecule has 108 valence electrons. The molecule has 1 amide bonds. The molecular formula is C15H11Cl2NO3. The van der Waals surface area contributed by atoms with Crippen molar-refractivity contribution in [2.45, 2.75) is 0 Å². The number of carbonyl (C=O) groups excluding carboxylic acids is 2. The van der Waals surface area contributed by atoms with E-state index in [1.807, 2.05) is 0 Å². The number of esters is 1. The van der Waals surface area contributed by atoms with Gasteiger partial charge in [-0.15, -0.1) is 0 Å². The van der Waals surface area contributed by atoms with Gasteiger partial charge in [0.2, 0.25) is 0 Å². The molecule has 0 saturated heterocycles. The highest BCUT2D eigenvalue weighted by Crippen LogP contribution is 2.30. The molecule has 0 fully saturated rings. The Bertz CT molecular complexity index is 701. The Morgan fingerprint density at radius 1 is 1.00 bits per heavy atom. The molecule has 2 aromatic rings. The molecule has 1 N–H and O–H groups in total. The second-order valence-electron chi connectivity index (χ2n) is 4.09. The molecule has 0 heterocycles. The molecule has 0 radical (unpaired) electrons. The van der Waals surface area contributed by atoms with Crippen LogP contribution in [0, 0.1) is 0 Å². The molecule has 0 aliphatic rings. The van der Waals surface area contributed by atoms with Gasteiger partial charge in [-0.3, -0.25) is 4.79 Å². The topological polar surface area (TPSA) is 55.4 Å². The van der Waals surface area contributed by atoms with E-state index in [0.717, 1.165) is 0 Å². The van der Waals surface area contributed by atoms with Crippen LogP contribution in [-0.2, 0) is 4.74 Å². The van der Waals surface area contributed by atoms with Crippen LogP contribution in [-0.4, -0.2) is 19.0 Å². The van der Waals surface area contributed by atoms with Crippen molar-refractivity contribution in [3.8, 4) is 0 Å². The van der Waals surface area contributed by atoms with Crippen LogP contribution in [0.1, 0.15) is 20.7 Å². The molecule has 0 bridgehead atoms. The highest BCUT2D eigenvalue weighted by atomic mass is 35.5. The molecule has 0 unspecified atom stereocenters. The number of halogens is 2. The number of hydrogen-bond acceptors (Lipinski definition) is 3. The first kappa shape index (κ1) is 15.4. The quantitative estimate of drug-likeness (QED) is 0.867. The number of carbonyl (C=O) groups is 2. The van der Waals surface area contributed by atoms with Crippen molar-refractivity contribution in [3.63, 3.8) is 0 Å². The number of benzene rings is 2. The summed E-state index contributed by atoms with van der Waals surface area (Å²) in [6.07, 6.45) is 0. The van der Waals surface area contributed by atoms with Crippen molar-refractivity contribution >= 4 is 40.8 Å². The van der Waals surface area contributed by atoms with Crippen LogP contribution in [0.2, 0.25) is 10.0 Å². The zero-order valence-electron chi connectivity index (χ0n) is 11.0. The lowest BCUT2D eigenvalue weighted by Gasteiger charge is -2.10. The molecule has 0 saturated carbocycles. The number of hydrogen-bond donors (Lipinski definition) is 1. The normalized spacial score (nSPS) is 10.0. The minimum absolute atomic E-state index is 0.177. The lowest BCUT2D eigenvalue weighted by Crippen LogP contribution is -2.17. The SMILES string of the molecule is COC(=O)c1ccccc1C(=O)Nc1cccc(Cl)c1Cl. The number of rotatable bonds is 3. The summed E-state index contributed by atoms with van der Waals surface area (Å²) >= 11 is 11.9. The van der Waals surface area contributed by atoms with E-state index in [4.69, 9.17) is 23.2 Å². The van der Waals surface area contributed by atoms with Crippen molar-refractivity contribution in [1.29, 1.82) is 0 Å². The first-order valence-corrected chi connectivity index (χ1v) is 6.73. The Morgan fingerprint density at radius 2 is 1.67 bits per heavy atom. The van der Waals surface area contributed by atoms with Crippen LogP contribution in [0.5, 0.6) is 0 Å². The first-order valence-electron chi connectivity index (χ1n) is 5.97. The average Bonchev–Trinajstić information content (AvgIpc) is 2.51. The van der Waals surface area contributed by atoms with Gasteiger partial charge in [-0.05, 0) is 24.3 Å². The number of anilines is 1. The Hall–Kier alpha value is -2.04. The predicted octanol–water partition coefficient (Wildman–Crippen LogP) is 4.03. The second-order valence-corrected chi connectivity index (χ2v) is 4.88. The zero-order valence-corrected chi connectivity index (χ0v) is 12.5. The third kappa shape index (κ3) is 3.35. The molecule has 21 heavy (non-hydrogen) atoms. The minimum Gasteiger partial charge on any atom is -0.465 e. The fourth-order valence-corrected chi connectivity index (χ4v) is 2.11. The molecular weight excluding hydrogens is 313 g/mol. The maximum absolute atomic E-state index is 12.3. The monoisotopic (exact) mass is 323 g/mol. The molecule has 4 nitrogen and oxygen atoms in total. The van der Waals surface area contributed by atoms with E-state index in [9.17, 15) is 9.59 Å². The summed E-state index contributed by atoms with van der Waals surface area (Å²) in [6, 6.07) is 11.2. The fourth-order valence-electron chi connectivity index (χ4n) is 1.76. The van der Waals surface area contributed by atoms with Gasteiger partial charge in [0.05, 0.1) is 34.0 Å². The fraction of sp³-hybridized carbons (Fsp3) is 0.0667. The summed E-state index contributed by atoms with van der Waals surface area (Å²) in [4.78, 5) is 24.0. The van der Waals surface area contributed by atoms with Gasteiger partial charge >= 0.3 is 5.97 Å². The molecule has 6 heteroatoms. The molecule has 0 aliphatic carbocycles. The summed E-state index contributed by atoms with van der Waals surface area (Å²) in [5.74, 6) is -1.06. The van der Waals surface area contributed by atoms with Crippen LogP contribution in [0.4, 0.5) is 5.69 Å². The van der Waals surface area contributed by atoms with Crippen molar-refractivity contribution < 1.29 is 14.3 Å². The van der Waals surface area contributed by atoms with E-state index < -0.39 is 11.9 Å². The first-order chi connectivity index (χ1) is 10.0. The predicted molar refractivity (Wildman–Crippen MR) is 82.2 cm³/mol.